The Labute approximate surface area is 66.5 Å². The maximum Gasteiger partial charge on any atom is 0.0900 e. The first-order chi connectivity index (χ1) is 4.72. The zero-order chi connectivity index (χ0) is 7.61. The molecule has 1 saturated heterocycles. The minimum absolute atomic E-state index is 0.00984. The Bertz CT molecular complexity index is 114. The van der Waals surface area contributed by atoms with Gasteiger partial charge in [-0.1, -0.05) is 6.92 Å². The van der Waals surface area contributed by atoms with E-state index in [-0.39, 0.29) is 5.60 Å². The van der Waals surface area contributed by atoms with Gasteiger partial charge in [0.15, 0.2) is 0 Å². The molecule has 0 bridgehead atoms. The van der Waals surface area contributed by atoms with Crippen LogP contribution in [0.1, 0.15) is 13.3 Å². The van der Waals surface area contributed by atoms with Gasteiger partial charge in [0.05, 0.1) is 5.60 Å². The molecule has 10 heavy (non-hydrogen) atoms. The van der Waals surface area contributed by atoms with Gasteiger partial charge in [-0.3, -0.25) is 0 Å². The normalized spacial score (nSPS) is 40.5. The minimum Gasteiger partial charge on any atom is -0.376 e. The van der Waals surface area contributed by atoms with Crippen molar-refractivity contribution < 1.29 is 4.74 Å². The van der Waals surface area contributed by atoms with Crippen LogP contribution in [0, 0.1) is 0 Å². The van der Waals surface area contributed by atoms with Crippen LogP contribution in [0.5, 0.6) is 0 Å². The zero-order valence-electron chi connectivity index (χ0n) is 6.59. The van der Waals surface area contributed by atoms with E-state index in [0.29, 0.717) is 11.8 Å². The maximum absolute atomic E-state index is 5.60. The lowest BCUT2D eigenvalue weighted by atomic mass is 10.0. The molecule has 0 saturated carbocycles. The van der Waals surface area contributed by atoms with Crippen molar-refractivity contribution in [3.05, 3.63) is 0 Å². The summed E-state index contributed by atoms with van der Waals surface area (Å²) in [6.07, 6.45) is 1.10. The summed E-state index contributed by atoms with van der Waals surface area (Å²) < 4.78 is 5.37. The molecule has 2 nitrogen and oxygen atoms in total. The van der Waals surface area contributed by atoms with Crippen LogP contribution in [0.25, 0.3) is 0 Å². The summed E-state index contributed by atoms with van der Waals surface area (Å²) in [5.74, 6) is 1.06. The molecule has 60 valence electrons. The summed E-state index contributed by atoms with van der Waals surface area (Å²) in [4.78, 5) is 0. The van der Waals surface area contributed by atoms with Gasteiger partial charge >= 0.3 is 0 Å². The Hall–Kier alpha value is 0.270. The van der Waals surface area contributed by atoms with Crippen LogP contribution in [0.15, 0.2) is 0 Å². The summed E-state index contributed by atoms with van der Waals surface area (Å²) in [6, 6.07) is 0. The van der Waals surface area contributed by atoms with Crippen LogP contribution in [-0.2, 0) is 4.74 Å². The van der Waals surface area contributed by atoms with Gasteiger partial charge in [0.1, 0.15) is 0 Å². The van der Waals surface area contributed by atoms with Crippen molar-refractivity contribution >= 4 is 11.8 Å². The maximum atomic E-state index is 5.60. The van der Waals surface area contributed by atoms with Crippen molar-refractivity contribution in [2.75, 3.05) is 19.4 Å². The molecule has 0 aromatic heterocycles. The Morgan fingerprint density at radius 2 is 2.50 bits per heavy atom. The molecule has 1 heterocycles. The molecule has 1 aliphatic heterocycles. The lowest BCUT2D eigenvalue weighted by Gasteiger charge is -2.24. The molecule has 0 aliphatic carbocycles. The van der Waals surface area contributed by atoms with E-state index in [1.807, 2.05) is 11.8 Å². The van der Waals surface area contributed by atoms with E-state index in [2.05, 4.69) is 6.92 Å². The van der Waals surface area contributed by atoms with Gasteiger partial charge in [0.25, 0.3) is 0 Å². The van der Waals surface area contributed by atoms with Crippen molar-refractivity contribution in [1.29, 1.82) is 0 Å². The molecule has 3 heteroatoms. The molecule has 0 amide bonds. The molecule has 2 unspecified atom stereocenters. The second kappa shape index (κ2) is 3.11. The van der Waals surface area contributed by atoms with Crippen LogP contribution in [0.2, 0.25) is 0 Å². The lowest BCUT2D eigenvalue weighted by molar-refractivity contribution is 0.0175. The third-order valence-corrected chi connectivity index (χ3v) is 3.52. The van der Waals surface area contributed by atoms with E-state index >= 15 is 0 Å². The second-order valence-corrected chi connectivity index (χ2v) is 4.34. The van der Waals surface area contributed by atoms with Gasteiger partial charge < -0.3 is 10.5 Å². The van der Waals surface area contributed by atoms with Gasteiger partial charge in [0.2, 0.25) is 0 Å². The monoisotopic (exact) mass is 161 g/mol. The summed E-state index contributed by atoms with van der Waals surface area (Å²) in [6.45, 7) is 2.88. The molecule has 1 aliphatic rings. The van der Waals surface area contributed by atoms with E-state index in [0.717, 1.165) is 12.2 Å². The van der Waals surface area contributed by atoms with Crippen molar-refractivity contribution in [2.45, 2.75) is 24.2 Å². The van der Waals surface area contributed by atoms with Gasteiger partial charge in [-0.2, -0.15) is 11.8 Å². The quantitative estimate of drug-likeness (QED) is 0.652. The first-order valence-electron chi connectivity index (χ1n) is 3.59. The first-order valence-corrected chi connectivity index (χ1v) is 4.64. The number of hydrogen-bond acceptors (Lipinski definition) is 3. The topological polar surface area (TPSA) is 35.2 Å². The fourth-order valence-corrected chi connectivity index (χ4v) is 2.67. The number of rotatable bonds is 2. The lowest BCUT2D eigenvalue weighted by Crippen LogP contribution is -2.40. The standard InChI is InChI=1S/C7H15NOS/c1-6-3-7(4-8,9-2)5-10-6/h6H,3-5,8H2,1-2H3. The Balaban J connectivity index is 2.51. The van der Waals surface area contributed by atoms with Gasteiger partial charge in [-0.15, -0.1) is 0 Å². The average molecular weight is 161 g/mol. The smallest absolute Gasteiger partial charge is 0.0900 e. The van der Waals surface area contributed by atoms with Gasteiger partial charge in [-0.05, 0) is 6.42 Å². The molecular formula is C7H15NOS. The summed E-state index contributed by atoms with van der Waals surface area (Å²) in [5, 5.41) is 0.712. The molecule has 1 rings (SSSR count). The van der Waals surface area contributed by atoms with E-state index in [4.69, 9.17) is 10.5 Å². The number of methoxy groups -OCH3 is 1. The Kier molecular flexibility index (Phi) is 2.61. The molecular weight excluding hydrogens is 146 g/mol. The number of thioether (sulfide) groups is 1. The fraction of sp³-hybridized carbons (Fsp3) is 1.00. The van der Waals surface area contributed by atoms with Crippen molar-refractivity contribution in [2.24, 2.45) is 5.73 Å². The van der Waals surface area contributed by atoms with Crippen LogP contribution in [-0.4, -0.2) is 30.3 Å². The van der Waals surface area contributed by atoms with Gasteiger partial charge in [0, 0.05) is 24.7 Å². The highest BCUT2D eigenvalue weighted by Crippen LogP contribution is 2.35. The third kappa shape index (κ3) is 1.47. The predicted octanol–water partition coefficient (Wildman–Crippen LogP) is 0.856. The third-order valence-electron chi connectivity index (χ3n) is 2.10. The molecule has 1 fully saturated rings. The summed E-state index contributed by atoms with van der Waals surface area (Å²) in [7, 11) is 1.76. The fourth-order valence-electron chi connectivity index (χ4n) is 1.30. The Morgan fingerprint density at radius 1 is 1.80 bits per heavy atom. The predicted molar refractivity (Wildman–Crippen MR) is 45.3 cm³/mol. The molecule has 0 radical (unpaired) electrons. The van der Waals surface area contributed by atoms with E-state index < -0.39 is 0 Å². The van der Waals surface area contributed by atoms with Crippen molar-refractivity contribution in [3.8, 4) is 0 Å². The molecule has 2 atom stereocenters. The Morgan fingerprint density at radius 3 is 2.70 bits per heavy atom. The highest BCUT2D eigenvalue weighted by molar-refractivity contribution is 8.00. The molecule has 0 spiro atoms. The van der Waals surface area contributed by atoms with E-state index in [1.165, 1.54) is 0 Å². The van der Waals surface area contributed by atoms with E-state index in [9.17, 15) is 0 Å². The van der Waals surface area contributed by atoms with Crippen molar-refractivity contribution in [3.63, 3.8) is 0 Å². The van der Waals surface area contributed by atoms with Crippen LogP contribution < -0.4 is 5.73 Å². The summed E-state index contributed by atoms with van der Waals surface area (Å²) >= 11 is 1.95. The molecule has 0 aromatic rings. The molecule has 2 N–H and O–H groups in total. The number of ether oxygens (including phenoxy) is 1. The van der Waals surface area contributed by atoms with E-state index in [1.54, 1.807) is 7.11 Å². The number of hydrogen-bond donors (Lipinski definition) is 1. The summed E-state index contributed by atoms with van der Waals surface area (Å²) in [5.41, 5.74) is 5.59. The van der Waals surface area contributed by atoms with Crippen LogP contribution in [0.3, 0.4) is 0 Å². The second-order valence-electron chi connectivity index (χ2n) is 2.92. The van der Waals surface area contributed by atoms with Gasteiger partial charge in [-0.25, -0.2) is 0 Å². The minimum atomic E-state index is -0.00984. The highest BCUT2D eigenvalue weighted by Gasteiger charge is 2.36. The zero-order valence-corrected chi connectivity index (χ0v) is 7.41. The first kappa shape index (κ1) is 8.37. The van der Waals surface area contributed by atoms with Crippen LogP contribution >= 0.6 is 11.8 Å². The molecule has 0 aromatic carbocycles. The SMILES string of the molecule is COC1(CN)CSC(C)C1. The van der Waals surface area contributed by atoms with Crippen molar-refractivity contribution in [1.82, 2.24) is 0 Å². The highest BCUT2D eigenvalue weighted by atomic mass is 32.2. The number of nitrogens with two attached hydrogens (primary N) is 1. The van der Waals surface area contributed by atoms with Crippen LogP contribution in [0.4, 0.5) is 0 Å². The largest absolute Gasteiger partial charge is 0.376 e. The average Bonchev–Trinajstić information content (AvgIpc) is 2.33.